The summed E-state index contributed by atoms with van der Waals surface area (Å²) in [6, 6.07) is 3.64. The molecule has 2 aromatic heterocycles. The first-order valence-electron chi connectivity index (χ1n) is 12.0. The van der Waals surface area contributed by atoms with Crippen LogP contribution in [0.1, 0.15) is 46.0 Å². The molecule has 7 atom stereocenters. The number of aliphatic hydroxyl groups excluding tert-OH is 1. The van der Waals surface area contributed by atoms with Crippen LogP contribution >= 0.6 is 11.3 Å². The van der Waals surface area contributed by atoms with Crippen molar-refractivity contribution in [2.45, 2.75) is 57.7 Å². The molecule has 8 heteroatoms. The third kappa shape index (κ3) is 2.88. The summed E-state index contributed by atoms with van der Waals surface area (Å²) in [5.74, 6) is -0.193. The van der Waals surface area contributed by atoms with E-state index >= 15 is 0 Å². The Labute approximate surface area is 202 Å². The minimum Gasteiger partial charge on any atom is -0.393 e. The van der Waals surface area contributed by atoms with Crippen LogP contribution in [0.4, 0.5) is 5.13 Å². The van der Waals surface area contributed by atoms with Gasteiger partial charge in [-0.3, -0.25) is 14.9 Å². The lowest BCUT2D eigenvalue weighted by atomic mass is 9.46. The van der Waals surface area contributed by atoms with Crippen molar-refractivity contribution >= 4 is 38.5 Å². The van der Waals surface area contributed by atoms with Crippen LogP contribution in [-0.2, 0) is 9.59 Å². The molecule has 2 aromatic rings. The number of amides is 1. The van der Waals surface area contributed by atoms with Gasteiger partial charge >= 0.3 is 0 Å². The number of ketones is 1. The number of aromatic nitrogens is 2. The van der Waals surface area contributed by atoms with Gasteiger partial charge in [0, 0.05) is 22.9 Å². The summed E-state index contributed by atoms with van der Waals surface area (Å²) in [5.41, 5.74) is -0.907. The van der Waals surface area contributed by atoms with E-state index < -0.39 is 23.0 Å². The number of fused-ring (bicyclic) bond motifs is 6. The summed E-state index contributed by atoms with van der Waals surface area (Å²) < 4.78 is 0. The Balaban J connectivity index is 1.31. The van der Waals surface area contributed by atoms with E-state index in [0.29, 0.717) is 23.5 Å². The fourth-order valence-electron chi connectivity index (χ4n) is 7.73. The summed E-state index contributed by atoms with van der Waals surface area (Å²) in [4.78, 5) is 35.0. The van der Waals surface area contributed by atoms with Crippen molar-refractivity contribution in [1.29, 1.82) is 0 Å². The Morgan fingerprint density at radius 1 is 1.29 bits per heavy atom. The van der Waals surface area contributed by atoms with E-state index in [1.165, 1.54) is 11.3 Å². The molecule has 6 unspecified atom stereocenters. The SMILES string of the molecule is CC12C=CC(=O)C=C1CCC1C2C(O)CC2(C)C1CC[C@]2(O)C(=O)Nc1nc2cccnc2s1. The van der Waals surface area contributed by atoms with Crippen molar-refractivity contribution in [2.24, 2.45) is 28.6 Å². The van der Waals surface area contributed by atoms with Crippen LogP contribution in [0.25, 0.3) is 10.3 Å². The zero-order chi connectivity index (χ0) is 23.9. The van der Waals surface area contributed by atoms with Gasteiger partial charge in [0.15, 0.2) is 10.9 Å². The molecule has 1 amide bonds. The van der Waals surface area contributed by atoms with Gasteiger partial charge in [-0.25, -0.2) is 9.97 Å². The maximum Gasteiger partial charge on any atom is 0.258 e. The Morgan fingerprint density at radius 2 is 2.12 bits per heavy atom. The number of carbonyl (C=O) groups is 2. The van der Waals surface area contributed by atoms with Crippen LogP contribution in [0.3, 0.4) is 0 Å². The second kappa shape index (κ2) is 7.29. The maximum atomic E-state index is 13.5. The predicted molar refractivity (Wildman–Crippen MR) is 129 cm³/mol. The topological polar surface area (TPSA) is 112 Å². The molecule has 0 radical (unpaired) electrons. The Morgan fingerprint density at radius 3 is 2.91 bits per heavy atom. The van der Waals surface area contributed by atoms with E-state index in [2.05, 4.69) is 22.2 Å². The lowest BCUT2D eigenvalue weighted by Gasteiger charge is -2.59. The van der Waals surface area contributed by atoms with Gasteiger partial charge < -0.3 is 10.2 Å². The molecule has 0 aromatic carbocycles. The van der Waals surface area contributed by atoms with Crippen LogP contribution in [0, 0.1) is 28.6 Å². The fourth-order valence-corrected chi connectivity index (χ4v) is 8.53. The molecule has 7 nitrogen and oxygen atoms in total. The average Bonchev–Trinajstić information content (AvgIpc) is 3.32. The Hall–Kier alpha value is -2.42. The first-order chi connectivity index (χ1) is 16.2. The summed E-state index contributed by atoms with van der Waals surface area (Å²) in [6.07, 6.45) is 9.42. The largest absolute Gasteiger partial charge is 0.393 e. The van der Waals surface area contributed by atoms with Gasteiger partial charge in [-0.1, -0.05) is 36.8 Å². The molecule has 0 bridgehead atoms. The third-order valence-electron chi connectivity index (χ3n) is 9.41. The fraction of sp³-hybridized carbons (Fsp3) is 0.538. The van der Waals surface area contributed by atoms with Gasteiger partial charge in [0.05, 0.1) is 6.10 Å². The summed E-state index contributed by atoms with van der Waals surface area (Å²) in [5, 5.41) is 26.6. The van der Waals surface area contributed by atoms with Gasteiger partial charge in [-0.2, -0.15) is 0 Å². The average molecular weight is 480 g/mol. The number of rotatable bonds is 2. The van der Waals surface area contributed by atoms with E-state index in [1.807, 2.05) is 19.1 Å². The van der Waals surface area contributed by atoms with E-state index in [4.69, 9.17) is 0 Å². The van der Waals surface area contributed by atoms with E-state index in [9.17, 15) is 19.8 Å². The van der Waals surface area contributed by atoms with E-state index in [1.54, 1.807) is 24.4 Å². The first kappa shape index (κ1) is 22.1. The van der Waals surface area contributed by atoms with Crippen molar-refractivity contribution < 1.29 is 19.8 Å². The number of aliphatic hydroxyl groups is 2. The van der Waals surface area contributed by atoms with Crippen molar-refractivity contribution in [2.75, 3.05) is 5.32 Å². The number of carbonyl (C=O) groups excluding carboxylic acids is 2. The second-order valence-electron chi connectivity index (χ2n) is 10.9. The normalized spacial score (nSPS) is 40.9. The number of hydrogen-bond acceptors (Lipinski definition) is 7. The zero-order valence-electron chi connectivity index (χ0n) is 19.3. The van der Waals surface area contributed by atoms with Crippen LogP contribution in [0.2, 0.25) is 0 Å². The molecule has 2 heterocycles. The number of nitrogens with zero attached hydrogens (tertiary/aromatic N) is 2. The Kier molecular flexibility index (Phi) is 4.73. The van der Waals surface area contributed by atoms with Gasteiger partial charge in [-0.15, -0.1) is 0 Å². The number of thiazole rings is 1. The van der Waals surface area contributed by atoms with Crippen molar-refractivity contribution in [1.82, 2.24) is 9.97 Å². The van der Waals surface area contributed by atoms with Gasteiger partial charge in [0.25, 0.3) is 5.91 Å². The highest BCUT2D eigenvalue weighted by atomic mass is 32.1. The molecule has 0 spiro atoms. The van der Waals surface area contributed by atoms with Crippen molar-refractivity contribution in [3.63, 3.8) is 0 Å². The van der Waals surface area contributed by atoms with Crippen LogP contribution < -0.4 is 5.32 Å². The summed E-state index contributed by atoms with van der Waals surface area (Å²) in [6.45, 7) is 4.09. The van der Waals surface area contributed by atoms with Crippen LogP contribution in [-0.4, -0.2) is 43.6 Å². The highest BCUT2D eigenvalue weighted by Crippen LogP contribution is 2.67. The molecule has 0 saturated heterocycles. The molecule has 0 aliphatic heterocycles. The van der Waals surface area contributed by atoms with Crippen molar-refractivity contribution in [3.05, 3.63) is 42.1 Å². The molecule has 3 N–H and O–H groups in total. The summed E-state index contributed by atoms with van der Waals surface area (Å²) >= 11 is 1.29. The standard InChI is InChI=1S/C26H29N3O4S/c1-24-9-7-15(30)12-14(24)5-6-16-17-8-10-26(33,25(17,2)13-19(31)20(16)24)22(32)29-23-28-18-4-3-11-27-21(18)34-23/h3-4,7,9,11-12,16-17,19-20,31,33H,5-6,8,10,13H2,1-2H3,(H,28,29,32)/t16?,17?,19?,20?,24?,25?,26-/m0/s1. The number of allylic oxidation sites excluding steroid dienone is 4. The molecule has 3 saturated carbocycles. The number of pyridine rings is 1. The molecule has 4 aliphatic rings. The monoisotopic (exact) mass is 479 g/mol. The van der Waals surface area contributed by atoms with Crippen molar-refractivity contribution in [3.8, 4) is 0 Å². The number of nitrogens with one attached hydrogen (secondary N) is 1. The van der Waals surface area contributed by atoms with Gasteiger partial charge in [0.1, 0.15) is 15.9 Å². The smallest absolute Gasteiger partial charge is 0.258 e. The lowest BCUT2D eigenvalue weighted by molar-refractivity contribution is -0.174. The highest BCUT2D eigenvalue weighted by molar-refractivity contribution is 7.21. The Bertz CT molecular complexity index is 1240. The number of hydrogen-bond donors (Lipinski definition) is 3. The number of anilines is 1. The van der Waals surface area contributed by atoms with Gasteiger partial charge in [-0.05, 0) is 68.2 Å². The highest BCUT2D eigenvalue weighted by Gasteiger charge is 2.68. The molecule has 178 valence electrons. The van der Waals surface area contributed by atoms with Gasteiger partial charge in [0.2, 0.25) is 0 Å². The van der Waals surface area contributed by atoms with Crippen LogP contribution in [0.15, 0.2) is 42.1 Å². The molecule has 34 heavy (non-hydrogen) atoms. The lowest BCUT2D eigenvalue weighted by Crippen LogP contribution is -2.62. The quantitative estimate of drug-likeness (QED) is 0.606. The molecular weight excluding hydrogens is 450 g/mol. The molecular formula is C26H29N3O4S. The minimum atomic E-state index is -1.59. The first-order valence-corrected chi connectivity index (χ1v) is 12.8. The van der Waals surface area contributed by atoms with E-state index in [0.717, 1.165) is 29.7 Å². The molecule has 4 aliphatic carbocycles. The zero-order valence-corrected chi connectivity index (χ0v) is 20.1. The third-order valence-corrected chi connectivity index (χ3v) is 10.3. The minimum absolute atomic E-state index is 0.0121. The molecule has 3 fully saturated rings. The van der Waals surface area contributed by atoms with E-state index in [-0.39, 0.29) is 29.0 Å². The molecule has 6 rings (SSSR count). The maximum absolute atomic E-state index is 13.5. The summed E-state index contributed by atoms with van der Waals surface area (Å²) in [7, 11) is 0. The van der Waals surface area contributed by atoms with Crippen LogP contribution in [0.5, 0.6) is 0 Å². The predicted octanol–water partition coefficient (Wildman–Crippen LogP) is 3.64. The second-order valence-corrected chi connectivity index (χ2v) is 11.9.